The fourth-order valence-electron chi connectivity index (χ4n) is 2.03. The van der Waals surface area contributed by atoms with Crippen molar-refractivity contribution >= 4 is 21.6 Å². The lowest BCUT2D eigenvalue weighted by Gasteiger charge is -2.36. The van der Waals surface area contributed by atoms with E-state index < -0.39 is 0 Å². The number of nitrogens with zero attached hydrogens (tertiary/aromatic N) is 2. The van der Waals surface area contributed by atoms with Crippen molar-refractivity contribution in [3.05, 3.63) is 29.3 Å². The summed E-state index contributed by atoms with van der Waals surface area (Å²) in [7, 11) is 2.09. The van der Waals surface area contributed by atoms with Gasteiger partial charge < -0.3 is 4.90 Å². The second-order valence-corrected chi connectivity index (χ2v) is 4.85. The first-order chi connectivity index (χ1) is 7.76. The Hall–Kier alpha value is -1.01. The van der Waals surface area contributed by atoms with E-state index in [1.54, 1.807) is 0 Å². The minimum absolute atomic E-state index is 0.627. The van der Waals surface area contributed by atoms with Crippen molar-refractivity contribution in [2.75, 3.05) is 11.9 Å². The fourth-order valence-corrected chi connectivity index (χ4v) is 2.38. The van der Waals surface area contributed by atoms with E-state index in [0.717, 1.165) is 22.1 Å². The van der Waals surface area contributed by atoms with Crippen LogP contribution in [0.5, 0.6) is 0 Å². The molecule has 1 aliphatic rings. The van der Waals surface area contributed by atoms with Gasteiger partial charge in [0.2, 0.25) is 0 Å². The first-order valence-electron chi connectivity index (χ1n) is 5.58. The van der Waals surface area contributed by atoms with E-state index in [2.05, 4.69) is 46.1 Å². The summed E-state index contributed by atoms with van der Waals surface area (Å²) in [5.41, 5.74) is 3.01. The van der Waals surface area contributed by atoms with E-state index in [-0.39, 0.29) is 0 Å². The van der Waals surface area contributed by atoms with Crippen LogP contribution in [-0.4, -0.2) is 13.1 Å². The molecule has 16 heavy (non-hydrogen) atoms. The van der Waals surface area contributed by atoms with Crippen LogP contribution in [0.1, 0.15) is 30.4 Å². The Morgan fingerprint density at radius 1 is 1.50 bits per heavy atom. The van der Waals surface area contributed by atoms with Crippen molar-refractivity contribution in [1.82, 2.24) is 0 Å². The predicted octanol–water partition coefficient (Wildman–Crippen LogP) is 3.44. The van der Waals surface area contributed by atoms with Crippen LogP contribution in [0.4, 0.5) is 5.69 Å². The summed E-state index contributed by atoms with van der Waals surface area (Å²) in [6, 6.07) is 9.04. The van der Waals surface area contributed by atoms with E-state index in [9.17, 15) is 0 Å². The van der Waals surface area contributed by atoms with Gasteiger partial charge in [-0.05, 0) is 37.0 Å². The molecule has 1 aliphatic carbocycles. The largest absolute Gasteiger partial charge is 0.371 e. The van der Waals surface area contributed by atoms with Crippen molar-refractivity contribution in [2.24, 2.45) is 0 Å². The Bertz CT molecular complexity index is 418. The third-order valence-electron chi connectivity index (χ3n) is 3.34. The summed E-state index contributed by atoms with van der Waals surface area (Å²) in [5, 5.41) is 9.97. The molecule has 0 saturated heterocycles. The molecule has 0 atom stereocenters. The SMILES string of the molecule is CN(c1ccc(CBr)cc1C#N)C1CCC1. The number of anilines is 1. The highest BCUT2D eigenvalue weighted by atomic mass is 79.9. The number of alkyl halides is 1. The van der Waals surface area contributed by atoms with Gasteiger partial charge in [0.05, 0.1) is 11.3 Å². The molecule has 0 N–H and O–H groups in total. The van der Waals surface area contributed by atoms with E-state index in [1.807, 2.05) is 6.07 Å². The van der Waals surface area contributed by atoms with Crippen LogP contribution in [0.3, 0.4) is 0 Å². The van der Waals surface area contributed by atoms with Crippen LogP contribution in [0.15, 0.2) is 18.2 Å². The minimum Gasteiger partial charge on any atom is -0.371 e. The molecule has 0 heterocycles. The Morgan fingerprint density at radius 2 is 2.25 bits per heavy atom. The molecule has 1 fully saturated rings. The van der Waals surface area contributed by atoms with Gasteiger partial charge >= 0.3 is 0 Å². The van der Waals surface area contributed by atoms with E-state index in [1.165, 1.54) is 19.3 Å². The second kappa shape index (κ2) is 4.88. The third kappa shape index (κ3) is 2.08. The van der Waals surface area contributed by atoms with Gasteiger partial charge in [-0.2, -0.15) is 5.26 Å². The molecule has 0 unspecified atom stereocenters. The summed E-state index contributed by atoms with van der Waals surface area (Å²) in [5.74, 6) is 0. The molecule has 1 aromatic rings. The standard InChI is InChI=1S/C13H15BrN2/c1-16(12-3-2-4-12)13-6-5-10(8-14)7-11(13)9-15/h5-7,12H,2-4,8H2,1H3. The minimum atomic E-state index is 0.627. The first kappa shape index (κ1) is 11.5. The number of hydrogen-bond acceptors (Lipinski definition) is 2. The van der Waals surface area contributed by atoms with Gasteiger partial charge in [0.25, 0.3) is 0 Å². The topological polar surface area (TPSA) is 27.0 Å². The van der Waals surface area contributed by atoms with Gasteiger partial charge in [-0.3, -0.25) is 0 Å². The number of nitriles is 1. The quantitative estimate of drug-likeness (QED) is 0.792. The van der Waals surface area contributed by atoms with Crippen molar-refractivity contribution in [3.8, 4) is 6.07 Å². The summed E-state index contributed by atoms with van der Waals surface area (Å²) in [6.07, 6.45) is 3.82. The Balaban J connectivity index is 2.29. The van der Waals surface area contributed by atoms with Crippen LogP contribution in [0.2, 0.25) is 0 Å². The number of halogens is 1. The number of rotatable bonds is 3. The zero-order chi connectivity index (χ0) is 11.5. The molecule has 0 spiro atoms. The number of benzene rings is 1. The maximum absolute atomic E-state index is 9.17. The molecule has 0 aromatic heterocycles. The first-order valence-corrected chi connectivity index (χ1v) is 6.70. The summed E-state index contributed by atoms with van der Waals surface area (Å²) < 4.78 is 0. The van der Waals surface area contributed by atoms with Gasteiger partial charge in [-0.15, -0.1) is 0 Å². The third-order valence-corrected chi connectivity index (χ3v) is 3.99. The molecule has 2 rings (SSSR count). The highest BCUT2D eigenvalue weighted by Crippen LogP contribution is 2.30. The van der Waals surface area contributed by atoms with Gasteiger partial charge in [0.15, 0.2) is 0 Å². The summed E-state index contributed by atoms with van der Waals surface area (Å²) in [6.45, 7) is 0. The van der Waals surface area contributed by atoms with Gasteiger partial charge in [0, 0.05) is 18.4 Å². The Labute approximate surface area is 105 Å². The molecular weight excluding hydrogens is 264 g/mol. The van der Waals surface area contributed by atoms with Crippen LogP contribution in [0.25, 0.3) is 0 Å². The maximum Gasteiger partial charge on any atom is 0.101 e. The highest BCUT2D eigenvalue weighted by Gasteiger charge is 2.23. The van der Waals surface area contributed by atoms with Gasteiger partial charge in [-0.25, -0.2) is 0 Å². The average molecular weight is 279 g/mol. The van der Waals surface area contributed by atoms with Crippen molar-refractivity contribution in [1.29, 1.82) is 5.26 Å². The molecular formula is C13H15BrN2. The normalized spacial score (nSPS) is 15.3. The molecule has 1 aromatic carbocycles. The predicted molar refractivity (Wildman–Crippen MR) is 69.8 cm³/mol. The van der Waals surface area contributed by atoms with E-state index in [0.29, 0.717) is 6.04 Å². The maximum atomic E-state index is 9.17. The van der Waals surface area contributed by atoms with Gasteiger partial charge in [0.1, 0.15) is 6.07 Å². The molecule has 0 aliphatic heterocycles. The summed E-state index contributed by atoms with van der Waals surface area (Å²) >= 11 is 3.41. The van der Waals surface area contributed by atoms with Crippen LogP contribution in [-0.2, 0) is 5.33 Å². The molecule has 0 radical (unpaired) electrons. The monoisotopic (exact) mass is 278 g/mol. The van der Waals surface area contributed by atoms with Gasteiger partial charge in [-0.1, -0.05) is 22.0 Å². The lowest BCUT2D eigenvalue weighted by Crippen LogP contribution is -2.37. The Morgan fingerprint density at radius 3 is 2.75 bits per heavy atom. The van der Waals surface area contributed by atoms with Crippen LogP contribution >= 0.6 is 15.9 Å². The Kier molecular flexibility index (Phi) is 3.50. The molecule has 2 nitrogen and oxygen atoms in total. The second-order valence-electron chi connectivity index (χ2n) is 4.29. The van der Waals surface area contributed by atoms with Crippen molar-refractivity contribution in [3.63, 3.8) is 0 Å². The van der Waals surface area contributed by atoms with Crippen LogP contribution < -0.4 is 4.90 Å². The molecule has 0 bridgehead atoms. The molecule has 3 heteroatoms. The zero-order valence-electron chi connectivity index (χ0n) is 9.41. The fraction of sp³-hybridized carbons (Fsp3) is 0.462. The highest BCUT2D eigenvalue weighted by molar-refractivity contribution is 9.08. The lowest BCUT2D eigenvalue weighted by atomic mass is 9.91. The molecule has 0 amide bonds. The van der Waals surface area contributed by atoms with Crippen molar-refractivity contribution in [2.45, 2.75) is 30.6 Å². The smallest absolute Gasteiger partial charge is 0.101 e. The van der Waals surface area contributed by atoms with Crippen LogP contribution in [0, 0.1) is 11.3 Å². The average Bonchev–Trinajstić information content (AvgIpc) is 2.25. The van der Waals surface area contributed by atoms with E-state index in [4.69, 9.17) is 5.26 Å². The lowest BCUT2D eigenvalue weighted by molar-refractivity contribution is 0.401. The van der Waals surface area contributed by atoms with E-state index >= 15 is 0 Å². The number of hydrogen-bond donors (Lipinski definition) is 0. The zero-order valence-corrected chi connectivity index (χ0v) is 11.0. The van der Waals surface area contributed by atoms with Crippen molar-refractivity contribution < 1.29 is 0 Å². The molecule has 1 saturated carbocycles. The molecule has 84 valence electrons. The summed E-state index contributed by atoms with van der Waals surface area (Å²) in [4.78, 5) is 2.25.